The van der Waals surface area contributed by atoms with Gasteiger partial charge in [0.1, 0.15) is 6.54 Å². The fraction of sp³-hybridized carbons (Fsp3) is 0.133. The largest absolute Gasteiger partial charge is 0.417 e. The Morgan fingerprint density at radius 3 is 2.33 bits per heavy atom. The smallest absolute Gasteiger partial charge is 0.323 e. The van der Waals surface area contributed by atoms with E-state index in [1.165, 1.54) is 24.3 Å². The van der Waals surface area contributed by atoms with Crippen molar-refractivity contribution in [1.29, 1.82) is 0 Å². The maximum absolute atomic E-state index is 13.2. The lowest BCUT2D eigenvalue weighted by molar-refractivity contribution is -0.139. The van der Waals surface area contributed by atoms with Gasteiger partial charge in [-0.25, -0.2) is 8.42 Å². The summed E-state index contributed by atoms with van der Waals surface area (Å²) in [5.74, 6) is -0.623. The number of benzene rings is 2. The molecule has 2 aromatic carbocycles. The fourth-order valence-corrected chi connectivity index (χ4v) is 4.12. The second kappa shape index (κ2) is 5.52. The summed E-state index contributed by atoms with van der Waals surface area (Å²) in [5.41, 5.74) is -0.927. The van der Waals surface area contributed by atoms with Crippen LogP contribution >= 0.6 is 0 Å². The Balaban J connectivity index is 2.19. The van der Waals surface area contributed by atoms with E-state index in [4.69, 9.17) is 0 Å². The minimum Gasteiger partial charge on any atom is -0.323 e. The summed E-state index contributed by atoms with van der Waals surface area (Å²) >= 11 is 0. The first-order valence-corrected chi connectivity index (χ1v) is 8.23. The molecule has 2 aromatic rings. The van der Waals surface area contributed by atoms with E-state index < -0.39 is 39.1 Å². The van der Waals surface area contributed by atoms with E-state index in [2.05, 4.69) is 5.32 Å². The van der Waals surface area contributed by atoms with Gasteiger partial charge < -0.3 is 5.32 Å². The number of amides is 1. The molecule has 0 radical (unpaired) electrons. The van der Waals surface area contributed by atoms with E-state index in [0.29, 0.717) is 10.4 Å². The molecule has 0 unspecified atom stereocenters. The summed E-state index contributed by atoms with van der Waals surface area (Å²) in [6.45, 7) is -0.592. The molecule has 24 heavy (non-hydrogen) atoms. The number of carbonyl (C=O) groups excluding carboxylic acids is 1. The summed E-state index contributed by atoms with van der Waals surface area (Å²) < 4.78 is 65.8. The number of para-hydroxylation sites is 2. The minimum absolute atomic E-state index is 0.120. The normalized spacial score (nSPS) is 15.0. The summed E-state index contributed by atoms with van der Waals surface area (Å²) in [6.07, 6.45) is -4.83. The molecule has 1 heterocycles. The maximum atomic E-state index is 13.2. The molecule has 0 fully saturated rings. The van der Waals surface area contributed by atoms with Crippen molar-refractivity contribution in [1.82, 2.24) is 0 Å². The van der Waals surface area contributed by atoms with Crippen LogP contribution in [-0.4, -0.2) is 20.9 Å². The Bertz CT molecular complexity index is 910. The molecular weight excluding hydrogens is 345 g/mol. The van der Waals surface area contributed by atoms with Crippen LogP contribution in [0.25, 0.3) is 0 Å². The molecule has 5 nitrogen and oxygen atoms in total. The van der Waals surface area contributed by atoms with Gasteiger partial charge >= 0.3 is 6.18 Å². The molecule has 3 rings (SSSR count). The van der Waals surface area contributed by atoms with Crippen molar-refractivity contribution in [2.75, 3.05) is 16.2 Å². The highest BCUT2D eigenvalue weighted by atomic mass is 32.2. The Morgan fingerprint density at radius 1 is 1.00 bits per heavy atom. The number of halogens is 3. The second-order valence-corrected chi connectivity index (χ2v) is 6.90. The Hall–Kier alpha value is -2.55. The Labute approximate surface area is 135 Å². The number of alkyl halides is 3. The molecule has 1 aliphatic heterocycles. The van der Waals surface area contributed by atoms with Crippen molar-refractivity contribution in [3.05, 3.63) is 54.1 Å². The lowest BCUT2D eigenvalue weighted by Crippen LogP contribution is -2.42. The molecule has 0 saturated heterocycles. The highest BCUT2D eigenvalue weighted by Crippen LogP contribution is 2.38. The van der Waals surface area contributed by atoms with Crippen LogP contribution in [0.3, 0.4) is 0 Å². The van der Waals surface area contributed by atoms with Gasteiger partial charge in [-0.2, -0.15) is 13.2 Å². The number of rotatable bonds is 2. The number of carbonyl (C=O) groups is 1. The van der Waals surface area contributed by atoms with E-state index in [9.17, 15) is 26.4 Å². The van der Waals surface area contributed by atoms with Gasteiger partial charge in [0.15, 0.2) is 0 Å². The van der Waals surface area contributed by atoms with Gasteiger partial charge in [-0.1, -0.05) is 24.3 Å². The Kier molecular flexibility index (Phi) is 3.75. The number of hydrogen-bond acceptors (Lipinski definition) is 3. The van der Waals surface area contributed by atoms with E-state index in [1.54, 1.807) is 6.07 Å². The van der Waals surface area contributed by atoms with Gasteiger partial charge in [0, 0.05) is 0 Å². The summed E-state index contributed by atoms with van der Waals surface area (Å²) in [6, 6.07) is 9.91. The zero-order valence-electron chi connectivity index (χ0n) is 12.0. The minimum atomic E-state index is -4.83. The topological polar surface area (TPSA) is 66.5 Å². The SMILES string of the molecule is O=C1CN(S(=O)(=O)c2ccccc2C(F)(F)F)c2ccccc2N1. The molecule has 0 saturated carbocycles. The zero-order chi connectivity index (χ0) is 17.5. The fourth-order valence-electron chi connectivity index (χ4n) is 2.46. The van der Waals surface area contributed by atoms with Crippen molar-refractivity contribution in [2.24, 2.45) is 0 Å². The number of nitrogens with zero attached hydrogens (tertiary/aromatic N) is 1. The van der Waals surface area contributed by atoms with E-state index in [0.717, 1.165) is 12.1 Å². The molecule has 1 N–H and O–H groups in total. The van der Waals surface area contributed by atoms with Crippen LogP contribution in [0.15, 0.2) is 53.4 Å². The molecule has 9 heteroatoms. The number of hydrogen-bond donors (Lipinski definition) is 1. The van der Waals surface area contributed by atoms with Crippen LogP contribution in [0.2, 0.25) is 0 Å². The predicted molar refractivity (Wildman–Crippen MR) is 81.0 cm³/mol. The summed E-state index contributed by atoms with van der Waals surface area (Å²) in [5, 5.41) is 2.49. The number of sulfonamides is 1. The molecule has 1 amide bonds. The third-order valence-electron chi connectivity index (χ3n) is 3.49. The van der Waals surface area contributed by atoms with Crippen molar-refractivity contribution in [3.63, 3.8) is 0 Å². The van der Waals surface area contributed by atoms with Crippen LogP contribution in [-0.2, 0) is 21.0 Å². The van der Waals surface area contributed by atoms with Gasteiger partial charge in [0.05, 0.1) is 21.8 Å². The first-order chi connectivity index (χ1) is 11.2. The number of anilines is 2. The van der Waals surface area contributed by atoms with Gasteiger partial charge in [0.25, 0.3) is 10.0 Å². The van der Waals surface area contributed by atoms with Crippen LogP contribution < -0.4 is 9.62 Å². The zero-order valence-corrected chi connectivity index (χ0v) is 12.9. The maximum Gasteiger partial charge on any atom is 0.417 e. The van der Waals surface area contributed by atoms with Crippen LogP contribution in [0.4, 0.5) is 24.5 Å². The second-order valence-electron chi connectivity index (χ2n) is 5.07. The lowest BCUT2D eigenvalue weighted by Gasteiger charge is -2.30. The molecule has 0 spiro atoms. The van der Waals surface area contributed by atoms with Crippen molar-refractivity contribution in [2.45, 2.75) is 11.1 Å². The Morgan fingerprint density at radius 2 is 1.62 bits per heavy atom. The van der Waals surface area contributed by atoms with Crippen LogP contribution in [0.1, 0.15) is 5.56 Å². The van der Waals surface area contributed by atoms with E-state index >= 15 is 0 Å². The van der Waals surface area contributed by atoms with Crippen molar-refractivity contribution in [3.8, 4) is 0 Å². The number of nitrogens with one attached hydrogen (secondary N) is 1. The average Bonchev–Trinajstić information content (AvgIpc) is 2.53. The number of fused-ring (bicyclic) bond motifs is 1. The third kappa shape index (κ3) is 2.71. The highest BCUT2D eigenvalue weighted by molar-refractivity contribution is 7.93. The van der Waals surface area contributed by atoms with E-state index in [-0.39, 0.29) is 11.4 Å². The van der Waals surface area contributed by atoms with Crippen molar-refractivity contribution < 1.29 is 26.4 Å². The monoisotopic (exact) mass is 356 g/mol. The van der Waals surface area contributed by atoms with Gasteiger partial charge in [-0.3, -0.25) is 9.10 Å². The van der Waals surface area contributed by atoms with Gasteiger partial charge in [-0.05, 0) is 24.3 Å². The third-order valence-corrected chi connectivity index (χ3v) is 5.31. The summed E-state index contributed by atoms with van der Waals surface area (Å²) in [7, 11) is -4.57. The molecule has 0 atom stereocenters. The average molecular weight is 356 g/mol. The van der Waals surface area contributed by atoms with Crippen LogP contribution in [0.5, 0.6) is 0 Å². The molecular formula is C15H11F3N2O3S. The lowest BCUT2D eigenvalue weighted by atomic mass is 10.2. The van der Waals surface area contributed by atoms with Crippen LogP contribution in [0, 0.1) is 0 Å². The quantitative estimate of drug-likeness (QED) is 0.900. The highest BCUT2D eigenvalue weighted by Gasteiger charge is 2.40. The predicted octanol–water partition coefficient (Wildman–Crippen LogP) is 2.85. The standard InChI is InChI=1S/C15H11F3N2O3S/c16-15(17,18)10-5-1-4-8-13(10)24(22,23)20-9-14(21)19-11-6-2-3-7-12(11)20/h1-8H,9H2,(H,19,21). The van der Waals surface area contributed by atoms with Gasteiger partial charge in [0.2, 0.25) is 5.91 Å². The first-order valence-electron chi connectivity index (χ1n) is 6.79. The first kappa shape index (κ1) is 16.3. The van der Waals surface area contributed by atoms with Gasteiger partial charge in [-0.15, -0.1) is 0 Å². The summed E-state index contributed by atoms with van der Waals surface area (Å²) in [4.78, 5) is 10.9. The molecule has 0 aliphatic carbocycles. The molecule has 0 aromatic heterocycles. The molecule has 126 valence electrons. The van der Waals surface area contributed by atoms with Crippen molar-refractivity contribution >= 4 is 27.3 Å². The van der Waals surface area contributed by atoms with E-state index in [1.807, 2.05) is 0 Å². The molecule has 0 bridgehead atoms. The molecule has 1 aliphatic rings.